The van der Waals surface area contributed by atoms with Gasteiger partial charge in [-0.25, -0.2) is 14.8 Å². The lowest BCUT2D eigenvalue weighted by Crippen LogP contribution is -2.17. The summed E-state index contributed by atoms with van der Waals surface area (Å²) in [5.41, 5.74) is 0.751. The zero-order chi connectivity index (χ0) is 13.8. The van der Waals surface area contributed by atoms with Crippen LogP contribution in [0.3, 0.4) is 0 Å². The number of hydrogen-bond acceptors (Lipinski definition) is 5. The molecule has 2 rings (SSSR count). The van der Waals surface area contributed by atoms with Crippen LogP contribution in [-0.4, -0.2) is 31.9 Å². The first-order valence-corrected chi connectivity index (χ1v) is 5.36. The molecule has 0 aliphatic rings. The molecule has 0 saturated carbocycles. The highest BCUT2D eigenvalue weighted by atomic mass is 16.4. The Labute approximate surface area is 108 Å². The Bertz CT molecular complexity index is 642. The number of anilines is 1. The van der Waals surface area contributed by atoms with Gasteiger partial charge >= 0.3 is 5.97 Å². The van der Waals surface area contributed by atoms with Crippen molar-refractivity contribution in [2.45, 2.75) is 6.92 Å². The SMILES string of the molecule is Cc1cc(C(=O)Nc2nccnc2C(=O)O)ccn1. The summed E-state index contributed by atoms with van der Waals surface area (Å²) in [5.74, 6) is -1.81. The lowest BCUT2D eigenvalue weighted by atomic mass is 10.2. The van der Waals surface area contributed by atoms with Crippen LogP contribution in [0.5, 0.6) is 0 Å². The molecule has 96 valence electrons. The first-order valence-electron chi connectivity index (χ1n) is 5.36. The Balaban J connectivity index is 2.27. The molecule has 0 unspecified atom stereocenters. The lowest BCUT2D eigenvalue weighted by molar-refractivity contribution is 0.0691. The summed E-state index contributed by atoms with van der Waals surface area (Å²) < 4.78 is 0. The molecule has 0 atom stereocenters. The predicted octanol–water partition coefficient (Wildman–Crippen LogP) is 1.13. The van der Waals surface area contributed by atoms with E-state index in [9.17, 15) is 9.59 Å². The lowest BCUT2D eigenvalue weighted by Gasteiger charge is -2.06. The van der Waals surface area contributed by atoms with Crippen molar-refractivity contribution in [2.75, 3.05) is 5.32 Å². The van der Waals surface area contributed by atoms with Gasteiger partial charge in [0.2, 0.25) is 0 Å². The molecule has 0 bridgehead atoms. The van der Waals surface area contributed by atoms with Crippen molar-refractivity contribution >= 4 is 17.7 Å². The summed E-state index contributed by atoms with van der Waals surface area (Å²) in [6.07, 6.45) is 4.05. The van der Waals surface area contributed by atoms with Gasteiger partial charge in [0.1, 0.15) is 0 Å². The summed E-state index contributed by atoms with van der Waals surface area (Å²) in [4.78, 5) is 34.3. The van der Waals surface area contributed by atoms with Crippen molar-refractivity contribution in [3.63, 3.8) is 0 Å². The number of aromatic carboxylic acids is 1. The number of aromatic nitrogens is 3. The second-order valence-electron chi connectivity index (χ2n) is 3.70. The Kier molecular flexibility index (Phi) is 3.46. The molecule has 2 aromatic rings. The number of aryl methyl sites for hydroxylation is 1. The van der Waals surface area contributed by atoms with E-state index in [-0.39, 0.29) is 11.5 Å². The standard InChI is InChI=1S/C12H10N4O3/c1-7-6-8(2-3-13-7)11(17)16-10-9(12(18)19)14-4-5-15-10/h2-6H,1H3,(H,18,19)(H,15,16,17). The number of hydrogen-bond donors (Lipinski definition) is 2. The molecule has 7 nitrogen and oxygen atoms in total. The summed E-state index contributed by atoms with van der Waals surface area (Å²) in [5, 5.41) is 11.3. The monoisotopic (exact) mass is 258 g/mol. The average Bonchev–Trinajstić information content (AvgIpc) is 2.39. The molecule has 0 fully saturated rings. The fourth-order valence-corrected chi connectivity index (χ4v) is 1.45. The van der Waals surface area contributed by atoms with Gasteiger partial charge in [0, 0.05) is 29.8 Å². The third-order valence-electron chi connectivity index (χ3n) is 2.29. The van der Waals surface area contributed by atoms with Crippen LogP contribution in [0.15, 0.2) is 30.7 Å². The summed E-state index contributed by atoms with van der Waals surface area (Å²) in [7, 11) is 0. The molecule has 0 spiro atoms. The minimum atomic E-state index is -1.26. The van der Waals surface area contributed by atoms with Crippen molar-refractivity contribution in [2.24, 2.45) is 0 Å². The van der Waals surface area contributed by atoms with Crippen molar-refractivity contribution in [1.29, 1.82) is 0 Å². The first kappa shape index (κ1) is 12.6. The molecule has 2 N–H and O–H groups in total. The third kappa shape index (κ3) is 2.89. The van der Waals surface area contributed by atoms with Gasteiger partial charge in [0.15, 0.2) is 11.5 Å². The topological polar surface area (TPSA) is 105 Å². The molecular formula is C12H10N4O3. The van der Waals surface area contributed by atoms with Crippen LogP contribution in [0.1, 0.15) is 26.5 Å². The molecule has 0 aliphatic heterocycles. The van der Waals surface area contributed by atoms with E-state index in [1.807, 2.05) is 0 Å². The van der Waals surface area contributed by atoms with E-state index < -0.39 is 11.9 Å². The van der Waals surface area contributed by atoms with Crippen LogP contribution in [0.25, 0.3) is 0 Å². The van der Waals surface area contributed by atoms with Crippen molar-refractivity contribution in [1.82, 2.24) is 15.0 Å². The van der Waals surface area contributed by atoms with Gasteiger partial charge in [-0.3, -0.25) is 9.78 Å². The number of pyridine rings is 1. The molecule has 7 heteroatoms. The molecule has 0 aromatic carbocycles. The van der Waals surface area contributed by atoms with Crippen molar-refractivity contribution in [3.05, 3.63) is 47.7 Å². The van der Waals surface area contributed by atoms with E-state index in [2.05, 4.69) is 20.3 Å². The fourth-order valence-electron chi connectivity index (χ4n) is 1.45. The number of rotatable bonds is 3. The van der Waals surface area contributed by atoms with Crippen LogP contribution >= 0.6 is 0 Å². The average molecular weight is 258 g/mol. The van der Waals surface area contributed by atoms with Gasteiger partial charge in [-0.2, -0.15) is 0 Å². The molecule has 0 aliphatic carbocycles. The maximum absolute atomic E-state index is 11.9. The van der Waals surface area contributed by atoms with E-state index in [1.165, 1.54) is 24.7 Å². The Morgan fingerprint density at radius 3 is 2.58 bits per heavy atom. The van der Waals surface area contributed by atoms with E-state index in [1.54, 1.807) is 13.0 Å². The smallest absolute Gasteiger partial charge is 0.358 e. The second-order valence-corrected chi connectivity index (χ2v) is 3.70. The Hall–Kier alpha value is -2.83. The molecule has 2 aromatic heterocycles. The van der Waals surface area contributed by atoms with Gasteiger partial charge in [0.05, 0.1) is 0 Å². The number of nitrogens with zero attached hydrogens (tertiary/aromatic N) is 3. The number of carboxylic acids is 1. The van der Waals surface area contributed by atoms with Crippen LogP contribution in [0.4, 0.5) is 5.82 Å². The number of carbonyl (C=O) groups excluding carboxylic acids is 1. The molecule has 2 heterocycles. The zero-order valence-electron chi connectivity index (χ0n) is 9.99. The minimum Gasteiger partial charge on any atom is -0.476 e. The minimum absolute atomic E-state index is 0.0885. The van der Waals surface area contributed by atoms with Crippen LogP contribution in [0, 0.1) is 6.92 Å². The predicted molar refractivity (Wildman–Crippen MR) is 65.9 cm³/mol. The van der Waals surface area contributed by atoms with E-state index in [0.717, 1.165) is 0 Å². The van der Waals surface area contributed by atoms with E-state index in [4.69, 9.17) is 5.11 Å². The van der Waals surface area contributed by atoms with Crippen molar-refractivity contribution in [3.8, 4) is 0 Å². The summed E-state index contributed by atoms with van der Waals surface area (Å²) in [6.45, 7) is 1.75. The second kappa shape index (κ2) is 5.21. The van der Waals surface area contributed by atoms with Gasteiger partial charge in [-0.15, -0.1) is 0 Å². The molecule has 0 radical (unpaired) electrons. The highest BCUT2D eigenvalue weighted by Gasteiger charge is 2.15. The number of amides is 1. The Morgan fingerprint density at radius 2 is 1.89 bits per heavy atom. The van der Waals surface area contributed by atoms with Gasteiger partial charge in [-0.05, 0) is 19.1 Å². The number of carbonyl (C=O) groups is 2. The molecular weight excluding hydrogens is 248 g/mol. The maximum atomic E-state index is 11.9. The van der Waals surface area contributed by atoms with Crippen LogP contribution in [0.2, 0.25) is 0 Å². The van der Waals surface area contributed by atoms with Gasteiger partial charge in [0.25, 0.3) is 5.91 Å². The maximum Gasteiger partial charge on any atom is 0.358 e. The number of carboxylic acid groups (broad SMARTS) is 1. The van der Waals surface area contributed by atoms with Crippen molar-refractivity contribution < 1.29 is 14.7 Å². The normalized spacial score (nSPS) is 9.95. The van der Waals surface area contributed by atoms with Crippen LogP contribution < -0.4 is 5.32 Å². The van der Waals surface area contributed by atoms with Crippen LogP contribution in [-0.2, 0) is 0 Å². The molecule has 0 saturated heterocycles. The third-order valence-corrected chi connectivity index (χ3v) is 2.29. The largest absolute Gasteiger partial charge is 0.476 e. The highest BCUT2D eigenvalue weighted by molar-refractivity contribution is 6.06. The number of nitrogens with one attached hydrogen (secondary N) is 1. The molecule has 19 heavy (non-hydrogen) atoms. The van der Waals surface area contributed by atoms with E-state index >= 15 is 0 Å². The highest BCUT2D eigenvalue weighted by Crippen LogP contribution is 2.10. The first-order chi connectivity index (χ1) is 9.08. The summed E-state index contributed by atoms with van der Waals surface area (Å²) in [6, 6.07) is 3.12. The quantitative estimate of drug-likeness (QED) is 0.854. The van der Waals surface area contributed by atoms with Gasteiger partial charge < -0.3 is 10.4 Å². The Morgan fingerprint density at radius 1 is 1.16 bits per heavy atom. The zero-order valence-corrected chi connectivity index (χ0v) is 9.99. The summed E-state index contributed by atoms with van der Waals surface area (Å²) >= 11 is 0. The fraction of sp³-hybridized carbons (Fsp3) is 0.0833. The van der Waals surface area contributed by atoms with E-state index in [0.29, 0.717) is 11.3 Å². The molecule has 1 amide bonds. The van der Waals surface area contributed by atoms with Gasteiger partial charge in [-0.1, -0.05) is 0 Å².